The third-order valence-corrected chi connectivity index (χ3v) is 7.07. The quantitative estimate of drug-likeness (QED) is 0.795. The highest BCUT2D eigenvalue weighted by atomic mass is 35.5. The molecule has 3 unspecified atom stereocenters. The monoisotopic (exact) mass is 393 g/mol. The van der Waals surface area contributed by atoms with E-state index in [1.54, 1.807) is 0 Å². The average molecular weight is 394 g/mol. The average Bonchev–Trinajstić information content (AvgIpc) is 3.25. The number of carbonyl (C=O) groups is 1. The maximum atomic E-state index is 13.0. The number of amides is 1. The lowest BCUT2D eigenvalue weighted by Gasteiger charge is -2.44. The van der Waals surface area contributed by atoms with Crippen LogP contribution in [0.15, 0.2) is 0 Å². The van der Waals surface area contributed by atoms with Crippen LogP contribution in [-0.4, -0.2) is 67.7 Å². The molecule has 0 aromatic heterocycles. The molecule has 2 aliphatic heterocycles. The van der Waals surface area contributed by atoms with Crippen LogP contribution in [0.5, 0.6) is 0 Å². The summed E-state index contributed by atoms with van der Waals surface area (Å²) in [6.07, 6.45) is 7.33. The Labute approximate surface area is 163 Å². The summed E-state index contributed by atoms with van der Waals surface area (Å²) in [4.78, 5) is 17.8. The molecule has 25 heavy (non-hydrogen) atoms. The van der Waals surface area contributed by atoms with Crippen molar-refractivity contribution in [3.8, 4) is 0 Å². The molecule has 2 heterocycles. The van der Waals surface area contributed by atoms with Crippen molar-refractivity contribution in [1.82, 2.24) is 9.80 Å². The van der Waals surface area contributed by atoms with Gasteiger partial charge in [0.25, 0.3) is 0 Å². The van der Waals surface area contributed by atoms with Gasteiger partial charge >= 0.3 is 0 Å². The van der Waals surface area contributed by atoms with Crippen LogP contribution in [0, 0.1) is 17.3 Å². The van der Waals surface area contributed by atoms with Gasteiger partial charge in [-0.1, -0.05) is 6.42 Å². The van der Waals surface area contributed by atoms with Crippen LogP contribution < -0.4 is 5.73 Å². The predicted molar refractivity (Wildman–Crippen MR) is 103 cm³/mol. The fourth-order valence-corrected chi connectivity index (χ4v) is 5.52. The van der Waals surface area contributed by atoms with Gasteiger partial charge in [0.05, 0.1) is 5.41 Å². The highest BCUT2D eigenvalue weighted by Gasteiger charge is 2.45. The van der Waals surface area contributed by atoms with Crippen molar-refractivity contribution in [2.24, 2.45) is 23.0 Å². The molecule has 2 bridgehead atoms. The molecule has 4 fully saturated rings. The molecule has 0 aromatic carbocycles. The van der Waals surface area contributed by atoms with E-state index in [-0.39, 0.29) is 36.1 Å². The van der Waals surface area contributed by atoms with E-state index >= 15 is 0 Å². The lowest BCUT2D eigenvalue weighted by Crippen LogP contribution is -2.58. The first-order valence-electron chi connectivity index (χ1n) is 9.53. The maximum absolute atomic E-state index is 13.0. The zero-order valence-electron chi connectivity index (χ0n) is 15.0. The van der Waals surface area contributed by atoms with E-state index in [0.717, 1.165) is 56.9 Å². The molecule has 7 heteroatoms. The zero-order valence-corrected chi connectivity index (χ0v) is 16.7. The molecule has 2 N–H and O–H groups in total. The number of rotatable bonds is 3. The highest BCUT2D eigenvalue weighted by Crippen LogP contribution is 2.46. The van der Waals surface area contributed by atoms with Crippen LogP contribution >= 0.6 is 24.8 Å². The number of ether oxygens (including phenoxy) is 1. The SMILES string of the molecule is Cl.Cl.NCC1(C(=O)N2CCN(C3CC4CCC3C4)CC2)CCOCC1. The lowest BCUT2D eigenvalue weighted by atomic mass is 9.78. The Kier molecular flexibility index (Phi) is 7.43. The van der Waals surface area contributed by atoms with Crippen molar-refractivity contribution in [3.63, 3.8) is 0 Å². The van der Waals surface area contributed by atoms with E-state index in [4.69, 9.17) is 10.5 Å². The molecule has 4 aliphatic rings. The topological polar surface area (TPSA) is 58.8 Å². The van der Waals surface area contributed by atoms with Gasteiger partial charge in [-0.15, -0.1) is 24.8 Å². The molecule has 2 saturated heterocycles. The van der Waals surface area contributed by atoms with Crippen LogP contribution in [-0.2, 0) is 9.53 Å². The van der Waals surface area contributed by atoms with Gasteiger partial charge in [-0.05, 0) is 43.9 Å². The van der Waals surface area contributed by atoms with Crippen LogP contribution in [0.25, 0.3) is 0 Å². The Morgan fingerprint density at radius 1 is 1.04 bits per heavy atom. The summed E-state index contributed by atoms with van der Waals surface area (Å²) >= 11 is 0. The standard InChI is InChI=1S/C18H31N3O2.2ClH/c19-13-18(3-9-23-10-4-18)17(22)21-7-5-20(6-8-21)16-12-14-1-2-15(16)11-14;;/h14-16H,1-13,19H2;2*1H. The molecule has 2 saturated carbocycles. The van der Waals surface area contributed by atoms with Gasteiger partial charge in [0.15, 0.2) is 0 Å². The minimum absolute atomic E-state index is 0. The minimum Gasteiger partial charge on any atom is -0.381 e. The third-order valence-electron chi connectivity index (χ3n) is 7.07. The molecule has 2 aliphatic carbocycles. The Balaban J connectivity index is 0.00000113. The van der Waals surface area contributed by atoms with E-state index in [9.17, 15) is 4.79 Å². The van der Waals surface area contributed by atoms with Gasteiger partial charge < -0.3 is 15.4 Å². The largest absolute Gasteiger partial charge is 0.381 e. The molecule has 3 atom stereocenters. The van der Waals surface area contributed by atoms with Crippen LogP contribution in [0.2, 0.25) is 0 Å². The Morgan fingerprint density at radius 3 is 2.24 bits per heavy atom. The van der Waals surface area contributed by atoms with Gasteiger partial charge in [0.1, 0.15) is 0 Å². The van der Waals surface area contributed by atoms with Gasteiger partial charge in [0, 0.05) is 52.0 Å². The number of nitrogens with zero attached hydrogens (tertiary/aromatic N) is 2. The van der Waals surface area contributed by atoms with Crippen molar-refractivity contribution < 1.29 is 9.53 Å². The molecule has 5 nitrogen and oxygen atoms in total. The van der Waals surface area contributed by atoms with Crippen molar-refractivity contribution in [2.75, 3.05) is 45.9 Å². The number of halogens is 2. The Hall–Kier alpha value is -0.0700. The van der Waals surface area contributed by atoms with E-state index in [2.05, 4.69) is 9.80 Å². The molecular weight excluding hydrogens is 361 g/mol. The van der Waals surface area contributed by atoms with Crippen molar-refractivity contribution in [1.29, 1.82) is 0 Å². The van der Waals surface area contributed by atoms with Crippen LogP contribution in [0.3, 0.4) is 0 Å². The number of hydrogen-bond acceptors (Lipinski definition) is 4. The van der Waals surface area contributed by atoms with Gasteiger partial charge in [-0.2, -0.15) is 0 Å². The van der Waals surface area contributed by atoms with Gasteiger partial charge in [-0.25, -0.2) is 0 Å². The van der Waals surface area contributed by atoms with E-state index < -0.39 is 0 Å². The fourth-order valence-electron chi connectivity index (χ4n) is 5.52. The summed E-state index contributed by atoms with van der Waals surface area (Å²) in [5.74, 6) is 2.22. The summed E-state index contributed by atoms with van der Waals surface area (Å²) in [6.45, 7) is 5.68. The second kappa shape index (κ2) is 8.75. The second-order valence-electron chi connectivity index (χ2n) is 8.17. The number of nitrogens with two attached hydrogens (primary N) is 1. The van der Waals surface area contributed by atoms with E-state index in [1.807, 2.05) is 0 Å². The van der Waals surface area contributed by atoms with Gasteiger partial charge in [0.2, 0.25) is 5.91 Å². The van der Waals surface area contributed by atoms with E-state index in [1.165, 1.54) is 25.7 Å². The number of carbonyl (C=O) groups excluding carboxylic acids is 1. The van der Waals surface area contributed by atoms with Crippen LogP contribution in [0.4, 0.5) is 0 Å². The molecule has 4 rings (SSSR count). The van der Waals surface area contributed by atoms with Crippen LogP contribution in [0.1, 0.15) is 38.5 Å². The van der Waals surface area contributed by atoms with E-state index in [0.29, 0.717) is 19.8 Å². The number of fused-ring (bicyclic) bond motifs is 2. The molecule has 146 valence electrons. The Bertz CT molecular complexity index is 452. The highest BCUT2D eigenvalue weighted by molar-refractivity contribution is 5.85. The molecule has 0 spiro atoms. The molecule has 1 amide bonds. The zero-order chi connectivity index (χ0) is 15.9. The second-order valence-corrected chi connectivity index (χ2v) is 8.17. The molecular formula is C18H33Cl2N3O2. The normalized spacial score (nSPS) is 34.3. The number of hydrogen-bond donors (Lipinski definition) is 1. The Morgan fingerprint density at radius 2 is 1.72 bits per heavy atom. The third kappa shape index (κ3) is 3.96. The first-order valence-corrected chi connectivity index (χ1v) is 9.53. The predicted octanol–water partition coefficient (Wildman–Crippen LogP) is 1.92. The first kappa shape index (κ1) is 21.2. The minimum atomic E-state index is -0.354. The van der Waals surface area contributed by atoms with Gasteiger partial charge in [-0.3, -0.25) is 9.69 Å². The van der Waals surface area contributed by atoms with Crippen molar-refractivity contribution >= 4 is 30.7 Å². The summed E-state index contributed by atoms with van der Waals surface area (Å²) in [7, 11) is 0. The fraction of sp³-hybridized carbons (Fsp3) is 0.944. The summed E-state index contributed by atoms with van der Waals surface area (Å²) in [6, 6.07) is 0.803. The summed E-state index contributed by atoms with van der Waals surface area (Å²) in [5, 5.41) is 0. The first-order chi connectivity index (χ1) is 11.2. The summed E-state index contributed by atoms with van der Waals surface area (Å²) in [5.41, 5.74) is 5.65. The summed E-state index contributed by atoms with van der Waals surface area (Å²) < 4.78 is 5.44. The smallest absolute Gasteiger partial charge is 0.230 e. The maximum Gasteiger partial charge on any atom is 0.230 e. The molecule has 0 aromatic rings. The molecule has 0 radical (unpaired) electrons. The lowest BCUT2D eigenvalue weighted by molar-refractivity contribution is -0.149. The number of piperazine rings is 1. The van der Waals surface area contributed by atoms with Crippen molar-refractivity contribution in [2.45, 2.75) is 44.6 Å². The van der Waals surface area contributed by atoms with Crippen molar-refractivity contribution in [3.05, 3.63) is 0 Å².